The molecule has 5 N–H and O–H groups in total. The molecular formula is C25H34ClN5O2. The second-order valence-corrected chi connectivity index (χ2v) is 8.33. The van der Waals surface area contributed by atoms with Gasteiger partial charge in [-0.1, -0.05) is 25.5 Å². The lowest BCUT2D eigenvalue weighted by molar-refractivity contribution is -0.139. The number of H-pyrrole nitrogens is 1. The van der Waals surface area contributed by atoms with Gasteiger partial charge < -0.3 is 31.0 Å². The van der Waals surface area contributed by atoms with Crippen LogP contribution in [0.3, 0.4) is 0 Å². The lowest BCUT2D eigenvalue weighted by Gasteiger charge is -2.38. The van der Waals surface area contributed by atoms with Crippen molar-refractivity contribution in [2.24, 2.45) is 5.73 Å². The quantitative estimate of drug-likeness (QED) is 0.436. The third-order valence-electron chi connectivity index (χ3n) is 6.13. The average molecular weight is 472 g/mol. The Balaban J connectivity index is 0.00000306. The van der Waals surface area contributed by atoms with Crippen LogP contribution in [0, 0.1) is 0 Å². The first-order chi connectivity index (χ1) is 15.6. The number of nitrogens with two attached hydrogens (primary N) is 2. The van der Waals surface area contributed by atoms with Crippen LogP contribution in [0.15, 0.2) is 48.7 Å². The summed E-state index contributed by atoms with van der Waals surface area (Å²) >= 11 is 0. The summed E-state index contributed by atoms with van der Waals surface area (Å²) in [5.41, 5.74) is 15.9. The van der Waals surface area contributed by atoms with Crippen LogP contribution < -0.4 is 21.1 Å². The zero-order valence-corrected chi connectivity index (χ0v) is 19.9. The van der Waals surface area contributed by atoms with Crippen molar-refractivity contribution in [1.29, 1.82) is 0 Å². The maximum absolute atomic E-state index is 13.3. The van der Waals surface area contributed by atoms with E-state index in [1.807, 2.05) is 53.6 Å². The number of amides is 1. The summed E-state index contributed by atoms with van der Waals surface area (Å²) in [5, 5.41) is 1.10. The van der Waals surface area contributed by atoms with Crippen LogP contribution in [-0.2, 0) is 11.2 Å². The number of hydrogen-bond donors (Lipinski definition) is 3. The van der Waals surface area contributed by atoms with Crippen LogP contribution in [0.2, 0.25) is 0 Å². The number of nitrogens with one attached hydrogen (secondary N) is 1. The van der Waals surface area contributed by atoms with Gasteiger partial charge in [0.05, 0.1) is 11.4 Å². The van der Waals surface area contributed by atoms with Gasteiger partial charge in [0, 0.05) is 43.3 Å². The molecule has 0 bridgehead atoms. The smallest absolute Gasteiger partial charge is 0.263 e. The molecule has 1 atom stereocenters. The molecule has 1 fully saturated rings. The molecule has 0 saturated carbocycles. The van der Waals surface area contributed by atoms with Gasteiger partial charge in [0.1, 0.15) is 5.75 Å². The molecule has 4 rings (SSSR count). The van der Waals surface area contributed by atoms with Crippen molar-refractivity contribution < 1.29 is 9.53 Å². The van der Waals surface area contributed by atoms with Gasteiger partial charge in [-0.15, -0.1) is 12.4 Å². The standard InChI is InChI=1S/C25H33N5O2.ClH/c1-2-5-24(32-19-8-9-22-20(16-19)18(10-11-26)17-28-22)25(31)30-14-12-29(13-15-30)23-7-4-3-6-21(23)27;/h3-4,6-9,16-17,24,28H,2,5,10-15,26-27H2,1H3;1H. The number of anilines is 2. The van der Waals surface area contributed by atoms with E-state index in [0.29, 0.717) is 26.1 Å². The molecule has 7 nitrogen and oxygen atoms in total. The van der Waals surface area contributed by atoms with Gasteiger partial charge in [-0.05, 0) is 55.3 Å². The minimum Gasteiger partial charge on any atom is -0.481 e. The Kier molecular flexibility index (Phi) is 8.47. The normalized spacial score (nSPS) is 14.7. The van der Waals surface area contributed by atoms with E-state index >= 15 is 0 Å². The van der Waals surface area contributed by atoms with Gasteiger partial charge in [-0.2, -0.15) is 0 Å². The zero-order valence-electron chi connectivity index (χ0n) is 19.1. The fourth-order valence-electron chi connectivity index (χ4n) is 4.40. The number of rotatable bonds is 8. The van der Waals surface area contributed by atoms with Gasteiger partial charge in [0.25, 0.3) is 5.91 Å². The van der Waals surface area contributed by atoms with Crippen molar-refractivity contribution in [1.82, 2.24) is 9.88 Å². The van der Waals surface area contributed by atoms with Crippen molar-refractivity contribution in [3.63, 3.8) is 0 Å². The number of benzene rings is 2. The third-order valence-corrected chi connectivity index (χ3v) is 6.13. The Labute approximate surface area is 201 Å². The van der Waals surface area contributed by atoms with Gasteiger partial charge in [-0.25, -0.2) is 0 Å². The topological polar surface area (TPSA) is 101 Å². The van der Waals surface area contributed by atoms with Crippen LogP contribution in [0.4, 0.5) is 11.4 Å². The Bertz CT molecular complexity index is 1060. The maximum Gasteiger partial charge on any atom is 0.263 e. The number of ether oxygens (including phenoxy) is 1. The van der Waals surface area contributed by atoms with Gasteiger partial charge >= 0.3 is 0 Å². The van der Waals surface area contributed by atoms with Gasteiger partial charge in [0.2, 0.25) is 0 Å². The van der Waals surface area contributed by atoms with E-state index in [1.165, 1.54) is 5.56 Å². The molecule has 0 spiro atoms. The first kappa shape index (κ1) is 24.7. The molecule has 1 amide bonds. The van der Waals surface area contributed by atoms with Crippen LogP contribution in [0.1, 0.15) is 25.3 Å². The highest BCUT2D eigenvalue weighted by Gasteiger charge is 2.29. The number of carbonyl (C=O) groups excluding carboxylic acids is 1. The minimum absolute atomic E-state index is 0. The molecule has 2 heterocycles. The highest BCUT2D eigenvalue weighted by molar-refractivity contribution is 5.86. The molecule has 3 aromatic rings. The number of fused-ring (bicyclic) bond motifs is 1. The highest BCUT2D eigenvalue weighted by Crippen LogP contribution is 2.27. The van der Waals surface area contributed by atoms with Crippen molar-refractivity contribution in [3.8, 4) is 5.75 Å². The number of aromatic amines is 1. The van der Waals surface area contributed by atoms with E-state index < -0.39 is 6.10 Å². The molecule has 1 saturated heterocycles. The monoisotopic (exact) mass is 471 g/mol. The zero-order chi connectivity index (χ0) is 22.5. The number of nitrogens with zero attached hydrogens (tertiary/aromatic N) is 2. The Morgan fingerprint density at radius 1 is 1.15 bits per heavy atom. The second kappa shape index (κ2) is 11.3. The molecule has 178 valence electrons. The van der Waals surface area contributed by atoms with Crippen LogP contribution >= 0.6 is 12.4 Å². The predicted molar refractivity (Wildman–Crippen MR) is 137 cm³/mol. The first-order valence-corrected chi connectivity index (χ1v) is 11.5. The maximum atomic E-state index is 13.3. The molecule has 33 heavy (non-hydrogen) atoms. The molecule has 0 aliphatic carbocycles. The summed E-state index contributed by atoms with van der Waals surface area (Å²) in [6.45, 7) is 5.51. The van der Waals surface area contributed by atoms with E-state index in [-0.39, 0.29) is 18.3 Å². The van der Waals surface area contributed by atoms with E-state index in [9.17, 15) is 4.79 Å². The number of hydrogen-bond acceptors (Lipinski definition) is 5. The summed E-state index contributed by atoms with van der Waals surface area (Å²) in [6.07, 6.45) is 3.88. The minimum atomic E-state index is -0.484. The van der Waals surface area contributed by atoms with Gasteiger partial charge in [-0.3, -0.25) is 4.79 Å². The molecule has 8 heteroatoms. The Hall–Kier alpha value is -2.90. The summed E-state index contributed by atoms with van der Waals surface area (Å²) in [6, 6.07) is 13.8. The summed E-state index contributed by atoms with van der Waals surface area (Å²) in [4.78, 5) is 20.8. The van der Waals surface area contributed by atoms with Gasteiger partial charge in [0.15, 0.2) is 6.10 Å². The molecule has 2 aromatic carbocycles. The van der Waals surface area contributed by atoms with E-state index in [1.54, 1.807) is 0 Å². The molecule has 1 aliphatic rings. The lowest BCUT2D eigenvalue weighted by atomic mass is 10.1. The van der Waals surface area contributed by atoms with E-state index in [0.717, 1.165) is 54.0 Å². The van der Waals surface area contributed by atoms with E-state index in [4.69, 9.17) is 16.2 Å². The number of aromatic nitrogens is 1. The molecule has 1 aliphatic heterocycles. The molecule has 1 unspecified atom stereocenters. The average Bonchev–Trinajstić information content (AvgIpc) is 3.21. The van der Waals surface area contributed by atoms with Crippen molar-refractivity contribution in [2.45, 2.75) is 32.3 Å². The first-order valence-electron chi connectivity index (χ1n) is 11.5. The third kappa shape index (κ3) is 5.54. The lowest BCUT2D eigenvalue weighted by Crippen LogP contribution is -2.52. The molecule has 0 radical (unpaired) electrons. The van der Waals surface area contributed by atoms with E-state index in [2.05, 4.69) is 16.8 Å². The van der Waals surface area contributed by atoms with Crippen molar-refractivity contribution >= 4 is 40.6 Å². The number of nitrogen functional groups attached to an aromatic ring is 1. The predicted octanol–water partition coefficient (Wildman–Crippen LogP) is 3.57. The highest BCUT2D eigenvalue weighted by atomic mass is 35.5. The number of para-hydroxylation sites is 2. The summed E-state index contributed by atoms with van der Waals surface area (Å²) in [7, 11) is 0. The second-order valence-electron chi connectivity index (χ2n) is 8.33. The van der Waals surface area contributed by atoms with Crippen LogP contribution in [0.25, 0.3) is 10.9 Å². The van der Waals surface area contributed by atoms with Crippen molar-refractivity contribution in [2.75, 3.05) is 43.4 Å². The number of piperazine rings is 1. The summed E-state index contributed by atoms with van der Waals surface area (Å²) < 4.78 is 6.24. The number of carbonyl (C=O) groups is 1. The van der Waals surface area contributed by atoms with Crippen LogP contribution in [0.5, 0.6) is 5.75 Å². The fourth-order valence-corrected chi connectivity index (χ4v) is 4.40. The largest absolute Gasteiger partial charge is 0.481 e. The molecule has 1 aromatic heterocycles. The SMILES string of the molecule is CCCC(Oc1ccc2[nH]cc(CCN)c2c1)C(=O)N1CCN(c2ccccc2N)CC1.Cl. The van der Waals surface area contributed by atoms with Crippen LogP contribution in [-0.4, -0.2) is 54.6 Å². The Morgan fingerprint density at radius 3 is 2.61 bits per heavy atom. The Morgan fingerprint density at radius 2 is 1.91 bits per heavy atom. The fraction of sp³-hybridized carbons (Fsp3) is 0.400. The molecular weight excluding hydrogens is 438 g/mol. The number of halogens is 1. The summed E-state index contributed by atoms with van der Waals surface area (Å²) in [5.74, 6) is 0.779. The van der Waals surface area contributed by atoms with Crippen molar-refractivity contribution in [3.05, 3.63) is 54.2 Å².